The summed E-state index contributed by atoms with van der Waals surface area (Å²) >= 11 is 0. The minimum absolute atomic E-state index is 0.102. The molecular formula is C42H49FN4O9. The number of nitrogens with zero attached hydrogens (tertiary/aromatic N) is 1. The molecule has 4 rings (SSSR count). The number of rotatable bonds is 19. The molecule has 3 aromatic carbocycles. The Morgan fingerprint density at radius 1 is 0.786 bits per heavy atom. The predicted molar refractivity (Wildman–Crippen MR) is 211 cm³/mol. The topological polar surface area (TPSA) is 178 Å². The summed E-state index contributed by atoms with van der Waals surface area (Å²) in [4.78, 5) is 41.8. The quantitative estimate of drug-likeness (QED) is 0.0629. The number of aromatic nitrogens is 1. The molecule has 0 bridgehead atoms. The zero-order valence-electron chi connectivity index (χ0n) is 32.4. The van der Waals surface area contributed by atoms with Crippen LogP contribution in [0.1, 0.15) is 57.7 Å². The van der Waals surface area contributed by atoms with Crippen molar-refractivity contribution in [2.24, 2.45) is 0 Å². The number of aliphatic hydroxyl groups is 2. The first-order valence-corrected chi connectivity index (χ1v) is 18.1. The Hall–Kier alpha value is -5.67. The number of anilines is 1. The van der Waals surface area contributed by atoms with Gasteiger partial charge in [-0.25, -0.2) is 4.39 Å². The SMILES string of the molecule is CCOC(=O)[C@@H](CO)NCc1ccc(/C(F)=C/c2cccc(-c3cccc(NC(=O)c4cc(OC)c(CN[C@H](CO)C(=O)OCC)cn4)c3C)c2C)cc1OC. The molecule has 0 spiro atoms. The molecule has 0 saturated heterocycles. The lowest BCUT2D eigenvalue weighted by Crippen LogP contribution is -2.40. The van der Waals surface area contributed by atoms with E-state index in [1.807, 2.05) is 44.2 Å². The van der Waals surface area contributed by atoms with Crippen LogP contribution in [0.3, 0.4) is 0 Å². The fourth-order valence-electron chi connectivity index (χ4n) is 5.92. The van der Waals surface area contributed by atoms with Crippen LogP contribution in [0.15, 0.2) is 66.9 Å². The standard InChI is InChI=1S/C42H49FN4O9/c1-7-55-41(51)36(23-48)45-20-29-16-15-28(18-38(29)53-5)33(43)17-27-11-9-12-31(25(27)3)32-13-10-14-34(26(32)4)47-40(50)35-19-39(54-6)30(21-44-35)22-46-37(24-49)42(52)56-8-2/h9-19,21,36-37,45-46,48-49H,7-8,20,22-24H2,1-6H3,(H,47,50)/b33-17-/t36-,37-/m1/s1. The van der Waals surface area contributed by atoms with Crippen LogP contribution in [0, 0.1) is 13.8 Å². The number of benzene rings is 3. The highest BCUT2D eigenvalue weighted by molar-refractivity contribution is 6.04. The first-order valence-electron chi connectivity index (χ1n) is 18.1. The van der Waals surface area contributed by atoms with Crippen molar-refractivity contribution < 1.29 is 47.9 Å². The second-order valence-electron chi connectivity index (χ2n) is 12.6. The number of aliphatic hydroxyl groups excluding tert-OH is 2. The molecule has 1 amide bonds. The average molecular weight is 773 g/mol. The van der Waals surface area contributed by atoms with Gasteiger partial charge >= 0.3 is 11.9 Å². The lowest BCUT2D eigenvalue weighted by atomic mass is 9.92. The van der Waals surface area contributed by atoms with E-state index >= 15 is 4.39 Å². The molecular weight excluding hydrogens is 723 g/mol. The number of carbonyl (C=O) groups is 3. The summed E-state index contributed by atoms with van der Waals surface area (Å²) in [6.07, 6.45) is 2.92. The second-order valence-corrected chi connectivity index (χ2v) is 12.6. The van der Waals surface area contributed by atoms with E-state index in [0.717, 1.165) is 22.3 Å². The van der Waals surface area contributed by atoms with Crippen molar-refractivity contribution in [1.29, 1.82) is 0 Å². The highest BCUT2D eigenvalue weighted by atomic mass is 19.1. The first-order chi connectivity index (χ1) is 27.0. The average Bonchev–Trinajstić information content (AvgIpc) is 3.20. The number of nitrogens with one attached hydrogen (secondary N) is 3. The maximum atomic E-state index is 15.8. The number of esters is 2. The van der Waals surface area contributed by atoms with E-state index in [9.17, 15) is 24.6 Å². The summed E-state index contributed by atoms with van der Waals surface area (Å²) in [5, 5.41) is 28.0. The zero-order chi connectivity index (χ0) is 40.8. The molecule has 56 heavy (non-hydrogen) atoms. The van der Waals surface area contributed by atoms with Crippen LogP contribution < -0.4 is 25.4 Å². The van der Waals surface area contributed by atoms with Crippen molar-refractivity contribution in [1.82, 2.24) is 15.6 Å². The van der Waals surface area contributed by atoms with Gasteiger partial charge in [-0.05, 0) is 73.7 Å². The highest BCUT2D eigenvalue weighted by Crippen LogP contribution is 2.34. The Morgan fingerprint density at radius 2 is 1.36 bits per heavy atom. The summed E-state index contributed by atoms with van der Waals surface area (Å²) in [7, 11) is 2.93. The fraction of sp³-hybridized carbons (Fsp3) is 0.333. The summed E-state index contributed by atoms with van der Waals surface area (Å²) < 4.78 is 36.8. The largest absolute Gasteiger partial charge is 0.496 e. The van der Waals surface area contributed by atoms with Crippen molar-refractivity contribution in [3.63, 3.8) is 0 Å². The molecule has 0 saturated carbocycles. The Balaban J connectivity index is 1.52. The molecule has 14 heteroatoms. The van der Waals surface area contributed by atoms with Crippen molar-refractivity contribution in [2.45, 2.75) is 52.9 Å². The van der Waals surface area contributed by atoms with Gasteiger partial charge in [0.2, 0.25) is 0 Å². The zero-order valence-corrected chi connectivity index (χ0v) is 32.4. The molecule has 298 valence electrons. The monoisotopic (exact) mass is 772 g/mol. The maximum absolute atomic E-state index is 15.8. The third-order valence-corrected chi connectivity index (χ3v) is 9.07. The van der Waals surface area contributed by atoms with Gasteiger partial charge in [0.05, 0.1) is 40.6 Å². The number of amides is 1. The van der Waals surface area contributed by atoms with E-state index in [0.29, 0.717) is 39.4 Å². The number of pyridine rings is 1. The molecule has 5 N–H and O–H groups in total. The Labute approximate surface area is 325 Å². The minimum Gasteiger partial charge on any atom is -0.496 e. The Kier molecular flexibility index (Phi) is 16.0. The van der Waals surface area contributed by atoms with Crippen molar-refractivity contribution in [2.75, 3.05) is 46.0 Å². The normalized spacial score (nSPS) is 12.4. The van der Waals surface area contributed by atoms with Gasteiger partial charge in [0.15, 0.2) is 0 Å². The van der Waals surface area contributed by atoms with Crippen molar-refractivity contribution >= 4 is 35.4 Å². The molecule has 4 aromatic rings. The van der Waals surface area contributed by atoms with Gasteiger partial charge in [-0.2, -0.15) is 0 Å². The van der Waals surface area contributed by atoms with E-state index in [2.05, 4.69) is 20.9 Å². The second kappa shape index (κ2) is 20.9. The molecule has 2 atom stereocenters. The first kappa shape index (κ1) is 43.1. The molecule has 0 aliphatic rings. The number of methoxy groups -OCH3 is 2. The van der Waals surface area contributed by atoms with Crippen LogP contribution in [0.2, 0.25) is 0 Å². The summed E-state index contributed by atoms with van der Waals surface area (Å²) in [5.74, 6) is -1.34. The molecule has 0 radical (unpaired) electrons. The van der Waals surface area contributed by atoms with Crippen molar-refractivity contribution in [3.05, 3.63) is 106 Å². The maximum Gasteiger partial charge on any atom is 0.325 e. The molecule has 0 fully saturated rings. The summed E-state index contributed by atoms with van der Waals surface area (Å²) in [6, 6.07) is 15.7. The van der Waals surface area contributed by atoms with Gasteiger partial charge < -0.3 is 34.5 Å². The lowest BCUT2D eigenvalue weighted by molar-refractivity contribution is -0.147. The van der Waals surface area contributed by atoms with Gasteiger partial charge in [-0.15, -0.1) is 0 Å². The third kappa shape index (κ3) is 10.8. The number of hydrogen-bond donors (Lipinski definition) is 5. The van der Waals surface area contributed by atoms with Gasteiger partial charge in [0, 0.05) is 47.7 Å². The molecule has 1 heterocycles. The van der Waals surface area contributed by atoms with Crippen LogP contribution in [-0.4, -0.2) is 85.8 Å². The van der Waals surface area contributed by atoms with Gasteiger partial charge in [0.1, 0.15) is 35.1 Å². The number of carbonyl (C=O) groups excluding carboxylic acids is 3. The van der Waals surface area contributed by atoms with Crippen LogP contribution in [0.4, 0.5) is 10.1 Å². The Morgan fingerprint density at radius 3 is 1.95 bits per heavy atom. The van der Waals surface area contributed by atoms with Crippen LogP contribution in [0.5, 0.6) is 11.5 Å². The van der Waals surface area contributed by atoms with Crippen LogP contribution >= 0.6 is 0 Å². The van der Waals surface area contributed by atoms with Gasteiger partial charge in [0.25, 0.3) is 5.91 Å². The lowest BCUT2D eigenvalue weighted by Gasteiger charge is -2.17. The number of halogens is 1. The van der Waals surface area contributed by atoms with E-state index in [1.54, 1.807) is 38.1 Å². The van der Waals surface area contributed by atoms with Gasteiger partial charge in [-0.1, -0.05) is 42.5 Å². The smallest absolute Gasteiger partial charge is 0.325 e. The fourth-order valence-corrected chi connectivity index (χ4v) is 5.92. The minimum atomic E-state index is -0.929. The molecule has 1 aromatic heterocycles. The van der Waals surface area contributed by atoms with Crippen molar-refractivity contribution in [3.8, 4) is 22.6 Å². The van der Waals surface area contributed by atoms with E-state index < -0.39 is 49.0 Å². The number of hydrogen-bond acceptors (Lipinski definition) is 12. The molecule has 0 unspecified atom stereocenters. The van der Waals surface area contributed by atoms with Gasteiger partial charge in [-0.3, -0.25) is 30.0 Å². The molecule has 0 aliphatic carbocycles. The Bertz CT molecular complexity index is 2040. The predicted octanol–water partition coefficient (Wildman–Crippen LogP) is 5.13. The highest BCUT2D eigenvalue weighted by Gasteiger charge is 2.21. The summed E-state index contributed by atoms with van der Waals surface area (Å²) in [6.45, 7) is 6.93. The molecule has 0 aliphatic heterocycles. The molecule has 13 nitrogen and oxygen atoms in total. The van der Waals surface area contributed by atoms with E-state index in [4.69, 9.17) is 18.9 Å². The third-order valence-electron chi connectivity index (χ3n) is 9.07. The van der Waals surface area contributed by atoms with Crippen LogP contribution in [-0.2, 0) is 32.2 Å². The van der Waals surface area contributed by atoms with E-state index in [-0.39, 0.29) is 32.0 Å². The van der Waals surface area contributed by atoms with E-state index in [1.165, 1.54) is 32.6 Å². The number of ether oxygens (including phenoxy) is 4. The van der Waals surface area contributed by atoms with Crippen LogP contribution in [0.25, 0.3) is 23.0 Å². The summed E-state index contributed by atoms with van der Waals surface area (Å²) in [5.41, 5.74) is 6.12.